The van der Waals surface area contributed by atoms with Crippen molar-refractivity contribution in [3.8, 4) is 6.07 Å². The summed E-state index contributed by atoms with van der Waals surface area (Å²) >= 11 is 7.83. The summed E-state index contributed by atoms with van der Waals surface area (Å²) in [7, 11) is 0. The van der Waals surface area contributed by atoms with Gasteiger partial charge in [0, 0.05) is 16.5 Å². The Bertz CT molecular complexity index is 1080. The van der Waals surface area contributed by atoms with Gasteiger partial charge in [0.25, 0.3) is 0 Å². The minimum atomic E-state index is -0.114. The molecule has 0 aliphatic rings. The van der Waals surface area contributed by atoms with Crippen LogP contribution in [0.25, 0.3) is 0 Å². The Hall–Kier alpha value is -2.94. The molecule has 30 heavy (non-hydrogen) atoms. The lowest BCUT2D eigenvalue weighted by atomic mass is 10.1. The van der Waals surface area contributed by atoms with E-state index >= 15 is 0 Å². The van der Waals surface area contributed by atoms with Crippen molar-refractivity contribution < 1.29 is 4.79 Å². The van der Waals surface area contributed by atoms with Crippen molar-refractivity contribution in [2.45, 2.75) is 25.3 Å². The molecule has 0 bridgehead atoms. The lowest BCUT2D eigenvalue weighted by Gasteiger charge is -2.25. The fourth-order valence-electron chi connectivity index (χ4n) is 2.90. The molecule has 0 unspecified atom stereocenters. The molecule has 152 valence electrons. The zero-order chi connectivity index (χ0) is 21.5. The maximum Gasteiger partial charge on any atom is 0.240 e. The third-order valence-corrected chi connectivity index (χ3v) is 6.02. The van der Waals surface area contributed by atoms with Gasteiger partial charge < -0.3 is 9.62 Å². The number of anilines is 1. The van der Waals surface area contributed by atoms with Gasteiger partial charge in [-0.2, -0.15) is 5.26 Å². The van der Waals surface area contributed by atoms with E-state index in [0.717, 1.165) is 21.7 Å². The zero-order valence-corrected chi connectivity index (χ0v) is 18.4. The van der Waals surface area contributed by atoms with Gasteiger partial charge in [0.1, 0.15) is 6.54 Å². The summed E-state index contributed by atoms with van der Waals surface area (Å²) in [5.74, 6) is -0.114. The number of halogens is 1. The van der Waals surface area contributed by atoms with Crippen LogP contribution in [0.3, 0.4) is 0 Å². The molecule has 0 aliphatic carbocycles. The van der Waals surface area contributed by atoms with Gasteiger partial charge in [-0.3, -0.25) is 4.79 Å². The van der Waals surface area contributed by atoms with Gasteiger partial charge in [-0.25, -0.2) is 0 Å². The molecule has 3 rings (SSSR count). The molecule has 0 aliphatic heterocycles. The Morgan fingerprint density at radius 2 is 1.83 bits per heavy atom. The van der Waals surface area contributed by atoms with Gasteiger partial charge in [0.05, 0.1) is 17.3 Å². The third-order valence-electron chi connectivity index (χ3n) is 4.58. The number of hydrogen-bond donors (Lipinski definition) is 1. The molecule has 0 spiro atoms. The number of nitrogens with zero attached hydrogens (tertiary/aromatic N) is 2. The highest BCUT2D eigenvalue weighted by Gasteiger charge is 2.17. The summed E-state index contributed by atoms with van der Waals surface area (Å²) in [4.78, 5) is 13.8. The van der Waals surface area contributed by atoms with E-state index in [-0.39, 0.29) is 12.5 Å². The predicted molar refractivity (Wildman–Crippen MR) is 124 cm³/mol. The quantitative estimate of drug-likeness (QED) is 0.486. The van der Waals surface area contributed by atoms with Crippen molar-refractivity contribution in [1.82, 2.24) is 5.32 Å². The second-order valence-corrected chi connectivity index (χ2v) is 8.42. The van der Waals surface area contributed by atoms with E-state index in [1.54, 1.807) is 12.1 Å². The first-order chi connectivity index (χ1) is 14.5. The molecule has 6 heteroatoms. The lowest BCUT2D eigenvalue weighted by Crippen LogP contribution is -2.34. The second kappa shape index (κ2) is 10.2. The number of carbonyl (C=O) groups is 1. The van der Waals surface area contributed by atoms with Crippen LogP contribution in [0.5, 0.6) is 0 Å². The summed E-state index contributed by atoms with van der Waals surface area (Å²) in [5, 5.41) is 12.6. The Kier molecular flexibility index (Phi) is 7.40. The molecule has 1 amide bonds. The second-order valence-electron chi connectivity index (χ2n) is 6.91. The van der Waals surface area contributed by atoms with Crippen LogP contribution in [-0.4, -0.2) is 12.5 Å². The van der Waals surface area contributed by atoms with Crippen LogP contribution in [0, 0.1) is 25.2 Å². The van der Waals surface area contributed by atoms with Crippen LogP contribution >= 0.6 is 23.5 Å². The number of nitriles is 1. The summed E-state index contributed by atoms with van der Waals surface area (Å²) in [6, 6.07) is 23.2. The van der Waals surface area contributed by atoms with Crippen molar-refractivity contribution in [2.24, 2.45) is 0 Å². The molecule has 0 aromatic heterocycles. The zero-order valence-electron chi connectivity index (χ0n) is 16.9. The third kappa shape index (κ3) is 5.79. The Morgan fingerprint density at radius 1 is 1.10 bits per heavy atom. The molecular formula is C24H22ClN3OS. The van der Waals surface area contributed by atoms with E-state index < -0.39 is 0 Å². The van der Waals surface area contributed by atoms with Crippen molar-refractivity contribution >= 4 is 35.1 Å². The predicted octanol–water partition coefficient (Wildman–Crippen LogP) is 5.66. The summed E-state index contributed by atoms with van der Waals surface area (Å²) in [6.45, 7) is 4.53. The number of carbonyl (C=O) groups excluding carboxylic acids is 1. The number of aryl methyl sites for hydroxylation is 1. The van der Waals surface area contributed by atoms with Crippen LogP contribution in [-0.2, 0) is 11.3 Å². The molecule has 0 fully saturated rings. The van der Waals surface area contributed by atoms with Crippen LogP contribution in [0.15, 0.2) is 71.6 Å². The highest BCUT2D eigenvalue weighted by Crippen LogP contribution is 2.34. The highest BCUT2D eigenvalue weighted by atomic mass is 35.5. The van der Waals surface area contributed by atoms with E-state index in [0.29, 0.717) is 17.1 Å². The van der Waals surface area contributed by atoms with Crippen molar-refractivity contribution in [2.75, 3.05) is 10.8 Å². The molecule has 1 N–H and O–H groups in total. The average Bonchev–Trinajstić information content (AvgIpc) is 2.75. The van der Waals surface area contributed by atoms with Gasteiger partial charge in [0.2, 0.25) is 5.91 Å². The monoisotopic (exact) mass is 435 g/mol. The maximum absolute atomic E-state index is 12.7. The van der Waals surface area contributed by atoms with Gasteiger partial charge in [-0.05, 0) is 73.3 Å². The van der Waals surface area contributed by atoms with E-state index in [1.807, 2.05) is 72.7 Å². The molecule has 0 saturated carbocycles. The van der Waals surface area contributed by atoms with E-state index in [2.05, 4.69) is 11.4 Å². The summed E-state index contributed by atoms with van der Waals surface area (Å²) in [6.07, 6.45) is 0. The molecule has 0 radical (unpaired) electrons. The van der Waals surface area contributed by atoms with Crippen LogP contribution in [0.4, 0.5) is 5.69 Å². The smallest absolute Gasteiger partial charge is 0.240 e. The van der Waals surface area contributed by atoms with Gasteiger partial charge in [-0.15, -0.1) is 0 Å². The highest BCUT2D eigenvalue weighted by molar-refractivity contribution is 8.00. The molecule has 0 atom stereocenters. The Balaban J connectivity index is 1.75. The Labute approximate surface area is 186 Å². The first-order valence-corrected chi connectivity index (χ1v) is 10.6. The van der Waals surface area contributed by atoms with E-state index in [1.165, 1.54) is 17.5 Å². The number of nitrogens with one attached hydrogen (secondary N) is 1. The first kappa shape index (κ1) is 21.8. The lowest BCUT2D eigenvalue weighted by molar-refractivity contribution is -0.119. The van der Waals surface area contributed by atoms with Crippen LogP contribution in [0.1, 0.15) is 22.3 Å². The van der Waals surface area contributed by atoms with E-state index in [9.17, 15) is 4.79 Å². The molecule has 0 saturated heterocycles. The maximum atomic E-state index is 12.7. The summed E-state index contributed by atoms with van der Waals surface area (Å²) < 4.78 is 1.95. The number of benzene rings is 3. The van der Waals surface area contributed by atoms with Crippen LogP contribution < -0.4 is 9.62 Å². The average molecular weight is 436 g/mol. The van der Waals surface area contributed by atoms with Crippen molar-refractivity contribution in [3.05, 3.63) is 94.0 Å². The summed E-state index contributed by atoms with van der Waals surface area (Å²) in [5.41, 5.74) is 4.47. The minimum Gasteiger partial charge on any atom is -0.350 e. The molecule has 4 nitrogen and oxygen atoms in total. The fraction of sp³-hybridized carbons (Fsp3) is 0.167. The van der Waals surface area contributed by atoms with Crippen molar-refractivity contribution in [1.29, 1.82) is 5.26 Å². The number of amides is 1. The van der Waals surface area contributed by atoms with Gasteiger partial charge >= 0.3 is 0 Å². The molecule has 0 heterocycles. The number of rotatable bonds is 7. The van der Waals surface area contributed by atoms with Gasteiger partial charge in [-0.1, -0.05) is 47.5 Å². The fourth-order valence-corrected chi connectivity index (χ4v) is 4.06. The Morgan fingerprint density at radius 3 is 2.57 bits per heavy atom. The first-order valence-electron chi connectivity index (χ1n) is 9.49. The van der Waals surface area contributed by atoms with E-state index in [4.69, 9.17) is 16.9 Å². The largest absolute Gasteiger partial charge is 0.350 e. The normalized spacial score (nSPS) is 10.3. The minimum absolute atomic E-state index is 0.114. The molecular weight excluding hydrogens is 414 g/mol. The SMILES string of the molecule is Cc1ccc(SN(CC(=O)NCc2cccc(C#N)c2)c2cccc(Cl)c2C)cc1. The van der Waals surface area contributed by atoms with Crippen molar-refractivity contribution in [3.63, 3.8) is 0 Å². The number of hydrogen-bond acceptors (Lipinski definition) is 4. The van der Waals surface area contributed by atoms with Crippen LogP contribution in [0.2, 0.25) is 5.02 Å². The molecule has 3 aromatic carbocycles. The standard InChI is InChI=1S/C24H22ClN3OS/c1-17-9-11-21(12-10-17)30-28(23-8-4-7-22(25)18(23)2)16-24(29)27-15-20-6-3-5-19(13-20)14-26/h3-13H,15-16H2,1-2H3,(H,27,29). The topological polar surface area (TPSA) is 56.1 Å². The van der Waals surface area contributed by atoms with Gasteiger partial charge in [0.15, 0.2) is 0 Å². The molecule has 3 aromatic rings.